The molecule has 10 aromatic rings. The van der Waals surface area contributed by atoms with E-state index < -0.39 is 0 Å². The number of anilines is 6. The molecule has 0 fully saturated rings. The molecule has 2 nitrogen and oxygen atoms in total. The lowest BCUT2D eigenvalue weighted by molar-refractivity contribution is 0.660. The zero-order valence-corrected chi connectivity index (χ0v) is 47.5. The third-order valence-electron chi connectivity index (χ3n) is 16.6. The van der Waals surface area contributed by atoms with Crippen molar-refractivity contribution in [3.05, 3.63) is 271 Å². The Morgan fingerprint density at radius 2 is 0.551 bits per heavy atom. The summed E-state index contributed by atoms with van der Waals surface area (Å²) in [5, 5.41) is 2.48. The first-order valence-electron chi connectivity index (χ1n) is 27.8. The third kappa shape index (κ3) is 9.07. The molecule has 0 amide bonds. The number of rotatable bonds is 10. The van der Waals surface area contributed by atoms with E-state index in [1.165, 1.54) is 156 Å². The highest BCUT2D eigenvalue weighted by atomic mass is 15.1. The summed E-state index contributed by atoms with van der Waals surface area (Å²) in [5.74, 6) is 0. The van der Waals surface area contributed by atoms with Crippen LogP contribution in [0.3, 0.4) is 0 Å². The van der Waals surface area contributed by atoms with Gasteiger partial charge in [0.1, 0.15) is 0 Å². The molecule has 0 bridgehead atoms. The zero-order chi connectivity index (χ0) is 54.4. The van der Waals surface area contributed by atoms with Gasteiger partial charge in [0.15, 0.2) is 0 Å². The summed E-state index contributed by atoms with van der Waals surface area (Å²) < 4.78 is 0. The Bertz CT molecular complexity index is 3680. The molecule has 0 aromatic heterocycles. The monoisotopic (exact) mass is 1010 g/mol. The summed E-state index contributed by atoms with van der Waals surface area (Å²) in [6.07, 6.45) is 9.18. The maximum absolute atomic E-state index is 2.44. The van der Waals surface area contributed by atoms with Crippen molar-refractivity contribution in [2.24, 2.45) is 0 Å². The zero-order valence-electron chi connectivity index (χ0n) is 47.5. The number of aryl methyl sites for hydroxylation is 8. The Kier molecular flexibility index (Phi) is 12.4. The standard InChI is InChI=1S/C76H70N2/c1-47-31-48(2)36-61(35-47)77(62-37-49(3)32-50(4)38-62)59-25-29-69-67-27-21-55(43-71(67)75(9,10)73(69)45-59)19-23-57-15-13-18-66-58(16-14-17-65(57)66)24-20-56-22-28-68-70-30-26-60(46-74(70)76(11,12)72(68)44-56)78(63-39-51(5)33-52(6)40-63)64-41-53(7)34-54(8)42-64/h13-46H,1-12H3. The quantitative estimate of drug-likeness (QED) is 0.126. The van der Waals surface area contributed by atoms with Gasteiger partial charge in [0.05, 0.1) is 0 Å². The van der Waals surface area contributed by atoms with Gasteiger partial charge < -0.3 is 9.80 Å². The van der Waals surface area contributed by atoms with Crippen molar-refractivity contribution in [1.82, 2.24) is 0 Å². The van der Waals surface area contributed by atoms with Gasteiger partial charge >= 0.3 is 0 Å². The van der Waals surface area contributed by atoms with Gasteiger partial charge in [-0.3, -0.25) is 0 Å². The molecule has 12 rings (SSSR count). The molecule has 10 aromatic carbocycles. The predicted octanol–water partition coefficient (Wildman–Crippen LogP) is 21.2. The van der Waals surface area contributed by atoms with Gasteiger partial charge in [-0.25, -0.2) is 0 Å². The van der Waals surface area contributed by atoms with Gasteiger partial charge in [0.25, 0.3) is 0 Å². The lowest BCUT2D eigenvalue weighted by atomic mass is 9.81. The fourth-order valence-corrected chi connectivity index (χ4v) is 13.2. The Morgan fingerprint density at radius 3 is 0.859 bits per heavy atom. The van der Waals surface area contributed by atoms with Gasteiger partial charge in [-0.2, -0.15) is 0 Å². The molecule has 0 spiro atoms. The van der Waals surface area contributed by atoms with Crippen LogP contribution in [0, 0.1) is 55.4 Å². The van der Waals surface area contributed by atoms with E-state index in [1.54, 1.807) is 0 Å². The van der Waals surface area contributed by atoms with Crippen LogP contribution in [0.25, 0.3) is 57.3 Å². The van der Waals surface area contributed by atoms with E-state index in [-0.39, 0.29) is 10.8 Å². The van der Waals surface area contributed by atoms with Crippen molar-refractivity contribution in [2.45, 2.75) is 93.9 Å². The van der Waals surface area contributed by atoms with Crippen molar-refractivity contribution in [3.8, 4) is 22.3 Å². The normalized spacial score (nSPS) is 13.7. The molecule has 0 radical (unpaired) electrons. The Balaban J connectivity index is 0.812. The van der Waals surface area contributed by atoms with Crippen molar-refractivity contribution < 1.29 is 0 Å². The molecule has 2 heteroatoms. The topological polar surface area (TPSA) is 6.48 Å². The highest BCUT2D eigenvalue weighted by Gasteiger charge is 2.38. The second kappa shape index (κ2) is 19.2. The number of benzene rings is 10. The minimum absolute atomic E-state index is 0.186. The van der Waals surface area contributed by atoms with Gasteiger partial charge in [0.2, 0.25) is 0 Å². The molecular formula is C76H70N2. The van der Waals surface area contributed by atoms with Crippen LogP contribution in [0.1, 0.15) is 117 Å². The number of hydrogen-bond acceptors (Lipinski definition) is 2. The van der Waals surface area contributed by atoms with Gasteiger partial charge in [-0.15, -0.1) is 0 Å². The predicted molar refractivity (Wildman–Crippen MR) is 337 cm³/mol. The molecule has 2 aliphatic carbocycles. The third-order valence-corrected chi connectivity index (χ3v) is 16.6. The van der Waals surface area contributed by atoms with E-state index in [0.29, 0.717) is 0 Å². The summed E-state index contributed by atoms with van der Waals surface area (Å²) >= 11 is 0. The van der Waals surface area contributed by atoms with Crippen molar-refractivity contribution >= 4 is 69.2 Å². The SMILES string of the molecule is Cc1cc(C)cc(N(c2cc(C)cc(C)c2)c2ccc3c(c2)C(C)(C)c2cc(C=Cc4cccc5c(C=Cc6ccc7c(c6)C(C)(C)c6cc(N(c8cc(C)cc(C)c8)c8cc(C)cc(C)c8)ccc6-7)cccc45)ccc2-3)c1. The first kappa shape index (κ1) is 50.4. The minimum Gasteiger partial charge on any atom is -0.310 e. The van der Waals surface area contributed by atoms with Crippen LogP contribution in [0.15, 0.2) is 182 Å². The minimum atomic E-state index is -0.186. The summed E-state index contributed by atoms with van der Waals surface area (Å²) in [5.41, 5.74) is 32.4. The molecule has 0 atom stereocenters. The van der Waals surface area contributed by atoms with Crippen LogP contribution in [0.4, 0.5) is 34.1 Å². The molecule has 2 aliphatic rings. The molecule has 0 aliphatic heterocycles. The summed E-state index contributed by atoms with van der Waals surface area (Å²) in [7, 11) is 0. The first-order valence-corrected chi connectivity index (χ1v) is 27.8. The highest BCUT2D eigenvalue weighted by Crippen LogP contribution is 2.53. The molecule has 78 heavy (non-hydrogen) atoms. The lowest BCUT2D eigenvalue weighted by Crippen LogP contribution is -2.17. The largest absolute Gasteiger partial charge is 0.310 e. The van der Waals surface area contributed by atoms with E-state index >= 15 is 0 Å². The fourth-order valence-electron chi connectivity index (χ4n) is 13.2. The first-order chi connectivity index (χ1) is 37.4. The van der Waals surface area contributed by atoms with Crippen LogP contribution < -0.4 is 9.80 Å². The van der Waals surface area contributed by atoms with Gasteiger partial charge in [-0.1, -0.05) is 161 Å². The van der Waals surface area contributed by atoms with Crippen LogP contribution in [0.5, 0.6) is 0 Å². The smallest absolute Gasteiger partial charge is 0.0466 e. The van der Waals surface area contributed by atoms with Crippen LogP contribution >= 0.6 is 0 Å². The second-order valence-corrected chi connectivity index (χ2v) is 23.8. The van der Waals surface area contributed by atoms with E-state index in [1.807, 2.05) is 0 Å². The number of hydrogen-bond donors (Lipinski definition) is 0. The molecule has 0 unspecified atom stereocenters. The molecular weight excluding hydrogens is 941 g/mol. The van der Waals surface area contributed by atoms with Crippen molar-refractivity contribution in [3.63, 3.8) is 0 Å². The summed E-state index contributed by atoms with van der Waals surface area (Å²) in [6.45, 7) is 27.1. The van der Waals surface area contributed by atoms with Gasteiger partial charge in [0, 0.05) is 45.0 Å². The Hall–Kier alpha value is -8.46. The molecule has 384 valence electrons. The second-order valence-electron chi connectivity index (χ2n) is 23.8. The van der Waals surface area contributed by atoms with Crippen molar-refractivity contribution in [1.29, 1.82) is 0 Å². The highest BCUT2D eigenvalue weighted by molar-refractivity contribution is 5.99. The molecule has 0 N–H and O–H groups in total. The summed E-state index contributed by atoms with van der Waals surface area (Å²) in [4.78, 5) is 4.88. The Labute approximate surface area is 463 Å². The van der Waals surface area contributed by atoms with E-state index in [0.717, 1.165) is 0 Å². The number of nitrogens with zero attached hydrogens (tertiary/aromatic N) is 2. The van der Waals surface area contributed by atoms with Crippen molar-refractivity contribution in [2.75, 3.05) is 9.80 Å². The van der Waals surface area contributed by atoms with E-state index in [4.69, 9.17) is 0 Å². The molecule has 0 saturated carbocycles. The Morgan fingerprint density at radius 1 is 0.269 bits per heavy atom. The van der Waals surface area contributed by atoms with Crippen LogP contribution in [0.2, 0.25) is 0 Å². The molecule has 0 heterocycles. The van der Waals surface area contributed by atoms with Crippen LogP contribution in [-0.2, 0) is 10.8 Å². The summed E-state index contributed by atoms with van der Waals surface area (Å²) in [6, 6.07) is 69.2. The van der Waals surface area contributed by atoms with Gasteiger partial charge in [-0.05, 0) is 250 Å². The molecule has 0 saturated heterocycles. The maximum Gasteiger partial charge on any atom is 0.0466 e. The average molecular weight is 1010 g/mol. The fraction of sp³-hybridized carbons (Fsp3) is 0.184. The lowest BCUT2D eigenvalue weighted by Gasteiger charge is -2.29. The van der Waals surface area contributed by atoms with Crippen LogP contribution in [-0.4, -0.2) is 0 Å². The number of fused-ring (bicyclic) bond motifs is 7. The van der Waals surface area contributed by atoms with E-state index in [2.05, 4.69) is 299 Å². The van der Waals surface area contributed by atoms with E-state index in [9.17, 15) is 0 Å². The maximum atomic E-state index is 2.44. The average Bonchev–Trinajstić information content (AvgIpc) is 3.96.